The molecule has 2 unspecified atom stereocenters. The van der Waals surface area contributed by atoms with Crippen molar-refractivity contribution < 1.29 is 19.4 Å². The largest absolute Gasteiger partial charge is 0.358 e. The van der Waals surface area contributed by atoms with Gasteiger partial charge in [0, 0.05) is 0 Å². The molecule has 0 heterocycles. The minimum atomic E-state index is -0.417. The highest BCUT2D eigenvalue weighted by molar-refractivity contribution is 5.75. The first-order chi connectivity index (χ1) is 9.60. The maximum absolute atomic E-state index is 11.8. The average molecular weight is 286 g/mol. The Bertz CT molecular complexity index is 248. The maximum Gasteiger partial charge on any atom is 0.358 e. The maximum atomic E-state index is 11.8. The molecule has 4 nitrogen and oxygen atoms in total. The van der Waals surface area contributed by atoms with E-state index in [0.29, 0.717) is 12.8 Å². The second kappa shape index (κ2) is 11.7. The minimum absolute atomic E-state index is 0.168. The SMILES string of the molecule is CCCCC(CC)C(=O)OOC(=O)C(CC)CCCC. The van der Waals surface area contributed by atoms with Crippen molar-refractivity contribution in [1.82, 2.24) is 0 Å². The number of hydrogen-bond acceptors (Lipinski definition) is 4. The zero-order valence-corrected chi connectivity index (χ0v) is 13.4. The van der Waals surface area contributed by atoms with Crippen molar-refractivity contribution in [2.24, 2.45) is 11.8 Å². The minimum Gasteiger partial charge on any atom is -0.247 e. The molecule has 0 N–H and O–H groups in total. The van der Waals surface area contributed by atoms with E-state index >= 15 is 0 Å². The third kappa shape index (κ3) is 7.51. The molecule has 0 aromatic rings. The van der Waals surface area contributed by atoms with E-state index in [2.05, 4.69) is 13.8 Å². The first kappa shape index (κ1) is 18.9. The third-order valence-electron chi connectivity index (χ3n) is 3.67. The number of carbonyl (C=O) groups excluding carboxylic acids is 2. The molecule has 0 aliphatic carbocycles. The normalized spacial score (nSPS) is 13.6. The van der Waals surface area contributed by atoms with Crippen LogP contribution in [-0.4, -0.2) is 11.9 Å². The van der Waals surface area contributed by atoms with E-state index in [1.54, 1.807) is 0 Å². The summed E-state index contributed by atoms with van der Waals surface area (Å²) < 4.78 is 0. The molecule has 0 radical (unpaired) electrons. The van der Waals surface area contributed by atoms with Gasteiger partial charge in [-0.1, -0.05) is 53.4 Å². The molecule has 0 aliphatic heterocycles. The van der Waals surface area contributed by atoms with Gasteiger partial charge >= 0.3 is 11.9 Å². The van der Waals surface area contributed by atoms with Gasteiger partial charge in [0.25, 0.3) is 0 Å². The Morgan fingerprint density at radius 3 is 1.35 bits per heavy atom. The van der Waals surface area contributed by atoms with Crippen LogP contribution in [0.4, 0.5) is 0 Å². The molecular weight excluding hydrogens is 256 g/mol. The molecule has 0 saturated heterocycles. The van der Waals surface area contributed by atoms with Gasteiger partial charge in [0.1, 0.15) is 0 Å². The molecule has 4 heteroatoms. The van der Waals surface area contributed by atoms with Crippen LogP contribution in [-0.2, 0) is 19.4 Å². The van der Waals surface area contributed by atoms with Gasteiger partial charge in [0.05, 0.1) is 11.8 Å². The van der Waals surface area contributed by atoms with Crippen molar-refractivity contribution in [3.63, 3.8) is 0 Å². The van der Waals surface area contributed by atoms with Gasteiger partial charge in [-0.15, -0.1) is 0 Å². The van der Waals surface area contributed by atoms with Gasteiger partial charge in [-0.05, 0) is 25.7 Å². The molecule has 0 saturated carbocycles. The highest BCUT2D eigenvalue weighted by atomic mass is 17.2. The molecule has 0 aromatic carbocycles. The van der Waals surface area contributed by atoms with Crippen LogP contribution in [0.25, 0.3) is 0 Å². The summed E-state index contributed by atoms with van der Waals surface area (Å²) in [6.07, 6.45) is 7.04. The van der Waals surface area contributed by atoms with Crippen molar-refractivity contribution >= 4 is 11.9 Å². The lowest BCUT2D eigenvalue weighted by Gasteiger charge is -2.14. The molecule has 118 valence electrons. The van der Waals surface area contributed by atoms with E-state index in [9.17, 15) is 9.59 Å². The molecule has 0 spiro atoms. The first-order valence-corrected chi connectivity index (χ1v) is 8.02. The van der Waals surface area contributed by atoms with Gasteiger partial charge in [0.15, 0.2) is 0 Å². The van der Waals surface area contributed by atoms with Crippen LogP contribution in [0.5, 0.6) is 0 Å². The van der Waals surface area contributed by atoms with Gasteiger partial charge < -0.3 is 0 Å². The molecule has 0 aromatic heterocycles. The van der Waals surface area contributed by atoms with Crippen LogP contribution in [0.1, 0.15) is 79.1 Å². The Kier molecular flexibility index (Phi) is 11.1. The Hall–Kier alpha value is -1.06. The van der Waals surface area contributed by atoms with E-state index in [4.69, 9.17) is 9.78 Å². The Labute approximate surface area is 123 Å². The van der Waals surface area contributed by atoms with E-state index in [0.717, 1.165) is 38.5 Å². The fourth-order valence-corrected chi connectivity index (χ4v) is 2.10. The highest BCUT2D eigenvalue weighted by Gasteiger charge is 2.23. The monoisotopic (exact) mass is 286 g/mol. The van der Waals surface area contributed by atoms with Crippen molar-refractivity contribution in [3.05, 3.63) is 0 Å². The predicted octanol–water partition coefficient (Wildman–Crippen LogP) is 4.42. The Morgan fingerprint density at radius 1 is 0.750 bits per heavy atom. The molecule has 2 atom stereocenters. The molecule has 0 amide bonds. The summed E-state index contributed by atoms with van der Waals surface area (Å²) in [6, 6.07) is 0. The van der Waals surface area contributed by atoms with E-state index in [-0.39, 0.29) is 11.8 Å². The van der Waals surface area contributed by atoms with Crippen molar-refractivity contribution in [1.29, 1.82) is 0 Å². The average Bonchev–Trinajstić information content (AvgIpc) is 2.46. The Morgan fingerprint density at radius 2 is 1.10 bits per heavy atom. The second-order valence-electron chi connectivity index (χ2n) is 5.30. The second-order valence-corrected chi connectivity index (χ2v) is 5.30. The zero-order valence-electron chi connectivity index (χ0n) is 13.4. The molecular formula is C16H30O4. The molecule has 20 heavy (non-hydrogen) atoms. The number of rotatable bonds is 10. The van der Waals surface area contributed by atoms with Crippen molar-refractivity contribution in [2.75, 3.05) is 0 Å². The molecule has 0 bridgehead atoms. The topological polar surface area (TPSA) is 52.6 Å². The number of unbranched alkanes of at least 4 members (excludes halogenated alkanes) is 2. The highest BCUT2D eigenvalue weighted by Crippen LogP contribution is 2.17. The smallest absolute Gasteiger partial charge is 0.247 e. The number of hydrogen-bond donors (Lipinski definition) is 0. The van der Waals surface area contributed by atoms with E-state index in [1.807, 2.05) is 13.8 Å². The quantitative estimate of drug-likeness (QED) is 0.440. The van der Waals surface area contributed by atoms with Crippen LogP contribution >= 0.6 is 0 Å². The van der Waals surface area contributed by atoms with Crippen LogP contribution in [0.3, 0.4) is 0 Å². The van der Waals surface area contributed by atoms with Crippen LogP contribution < -0.4 is 0 Å². The molecule has 0 fully saturated rings. The van der Waals surface area contributed by atoms with Crippen molar-refractivity contribution in [2.45, 2.75) is 79.1 Å². The lowest BCUT2D eigenvalue weighted by atomic mass is 10.00. The zero-order chi connectivity index (χ0) is 15.4. The summed E-state index contributed by atoms with van der Waals surface area (Å²) in [6.45, 7) is 8.05. The van der Waals surface area contributed by atoms with E-state index in [1.165, 1.54) is 0 Å². The summed E-state index contributed by atoms with van der Waals surface area (Å²) >= 11 is 0. The summed E-state index contributed by atoms with van der Waals surface area (Å²) in [5.74, 6) is -1.17. The molecule has 0 aliphatic rings. The van der Waals surface area contributed by atoms with Gasteiger partial charge in [-0.25, -0.2) is 19.4 Å². The van der Waals surface area contributed by atoms with Crippen LogP contribution in [0.2, 0.25) is 0 Å². The summed E-state index contributed by atoms with van der Waals surface area (Å²) in [4.78, 5) is 33.1. The van der Waals surface area contributed by atoms with Gasteiger partial charge in [0.2, 0.25) is 0 Å². The van der Waals surface area contributed by atoms with Gasteiger partial charge in [-0.2, -0.15) is 0 Å². The Balaban J connectivity index is 4.16. The standard InChI is InChI=1S/C16H30O4/c1-5-9-11-13(7-3)15(17)19-20-16(18)14(8-4)12-10-6-2/h13-14H,5-12H2,1-4H3. The lowest BCUT2D eigenvalue weighted by Crippen LogP contribution is -2.23. The third-order valence-corrected chi connectivity index (χ3v) is 3.67. The van der Waals surface area contributed by atoms with Crippen LogP contribution in [0, 0.1) is 11.8 Å². The fourth-order valence-electron chi connectivity index (χ4n) is 2.10. The summed E-state index contributed by atoms with van der Waals surface area (Å²) in [7, 11) is 0. The van der Waals surface area contributed by atoms with Crippen LogP contribution in [0.15, 0.2) is 0 Å². The molecule has 0 rings (SSSR count). The van der Waals surface area contributed by atoms with Crippen molar-refractivity contribution in [3.8, 4) is 0 Å². The number of carbonyl (C=O) groups is 2. The predicted molar refractivity (Wildman–Crippen MR) is 78.8 cm³/mol. The lowest BCUT2D eigenvalue weighted by molar-refractivity contribution is -0.265. The summed E-state index contributed by atoms with van der Waals surface area (Å²) in [5, 5.41) is 0. The summed E-state index contributed by atoms with van der Waals surface area (Å²) in [5.41, 5.74) is 0. The first-order valence-electron chi connectivity index (χ1n) is 8.02. The fraction of sp³-hybridized carbons (Fsp3) is 0.875. The van der Waals surface area contributed by atoms with E-state index < -0.39 is 11.9 Å². The van der Waals surface area contributed by atoms with Gasteiger partial charge in [-0.3, -0.25) is 0 Å².